The van der Waals surface area contributed by atoms with E-state index in [0.717, 1.165) is 12.8 Å². The molecule has 1 aliphatic heterocycles. The Hall–Kier alpha value is -1.09. The number of carbonyl (C=O) groups excluding carboxylic acids is 1. The molecular formula is C16H25NOSi. The second-order valence-electron chi connectivity index (χ2n) is 7.12. The second kappa shape index (κ2) is 4.78. The summed E-state index contributed by atoms with van der Waals surface area (Å²) < 4.78 is 2.24. The van der Waals surface area contributed by atoms with Crippen molar-refractivity contribution in [1.82, 2.24) is 4.57 Å². The van der Waals surface area contributed by atoms with Gasteiger partial charge in [0.05, 0.1) is 0 Å². The molecule has 19 heavy (non-hydrogen) atoms. The van der Waals surface area contributed by atoms with Crippen LogP contribution < -0.4 is 0 Å². The van der Waals surface area contributed by atoms with E-state index in [0.29, 0.717) is 11.9 Å². The average molecular weight is 275 g/mol. The lowest BCUT2D eigenvalue weighted by molar-refractivity contribution is -0.138. The van der Waals surface area contributed by atoms with Crippen molar-refractivity contribution >= 4 is 14.1 Å². The van der Waals surface area contributed by atoms with Gasteiger partial charge in [0.15, 0.2) is 8.24 Å². The van der Waals surface area contributed by atoms with Crippen LogP contribution in [0.1, 0.15) is 32.8 Å². The molecule has 1 aliphatic rings. The third-order valence-electron chi connectivity index (χ3n) is 4.80. The molecule has 1 atom stereocenters. The molecule has 0 radical (unpaired) electrons. The van der Waals surface area contributed by atoms with Crippen molar-refractivity contribution in [1.29, 1.82) is 0 Å². The molecule has 1 aromatic carbocycles. The van der Waals surface area contributed by atoms with E-state index < -0.39 is 8.24 Å². The van der Waals surface area contributed by atoms with Crippen LogP contribution in [0.15, 0.2) is 30.3 Å². The highest BCUT2D eigenvalue weighted by Gasteiger charge is 2.51. The maximum absolute atomic E-state index is 12.1. The Morgan fingerprint density at radius 3 is 2.26 bits per heavy atom. The van der Waals surface area contributed by atoms with E-state index in [1.165, 1.54) is 5.56 Å². The van der Waals surface area contributed by atoms with Gasteiger partial charge in [0.2, 0.25) is 5.91 Å². The van der Waals surface area contributed by atoms with E-state index in [-0.39, 0.29) is 5.04 Å². The molecule has 2 nitrogen and oxygen atoms in total. The Morgan fingerprint density at radius 2 is 1.79 bits per heavy atom. The van der Waals surface area contributed by atoms with Crippen molar-refractivity contribution in [3.8, 4) is 0 Å². The second-order valence-corrected chi connectivity index (χ2v) is 12.2. The molecule has 1 heterocycles. The lowest BCUT2D eigenvalue weighted by Gasteiger charge is -2.55. The van der Waals surface area contributed by atoms with Gasteiger partial charge in [-0.05, 0) is 17.0 Å². The van der Waals surface area contributed by atoms with Crippen LogP contribution in [0.2, 0.25) is 18.1 Å². The molecule has 1 amide bonds. The topological polar surface area (TPSA) is 20.3 Å². The summed E-state index contributed by atoms with van der Waals surface area (Å²) in [5.74, 6) is 0.354. The highest BCUT2D eigenvalue weighted by Crippen LogP contribution is 2.43. The summed E-state index contributed by atoms with van der Waals surface area (Å²) in [5, 5.41) is 0.220. The number of hydrogen-bond donors (Lipinski definition) is 0. The van der Waals surface area contributed by atoms with Gasteiger partial charge < -0.3 is 4.57 Å². The number of hydrogen-bond acceptors (Lipinski definition) is 1. The van der Waals surface area contributed by atoms with E-state index in [1.54, 1.807) is 0 Å². The minimum Gasteiger partial charge on any atom is -0.366 e. The monoisotopic (exact) mass is 275 g/mol. The summed E-state index contributed by atoms with van der Waals surface area (Å²) in [6.45, 7) is 11.4. The Bertz CT molecular complexity index is 461. The van der Waals surface area contributed by atoms with Gasteiger partial charge in [-0.1, -0.05) is 64.2 Å². The first-order valence-electron chi connectivity index (χ1n) is 7.09. The minimum absolute atomic E-state index is 0.220. The molecule has 0 unspecified atom stereocenters. The lowest BCUT2D eigenvalue weighted by Crippen LogP contribution is -2.68. The molecule has 104 valence electrons. The molecule has 1 saturated heterocycles. The fraction of sp³-hybridized carbons (Fsp3) is 0.562. The van der Waals surface area contributed by atoms with Crippen molar-refractivity contribution in [3.63, 3.8) is 0 Å². The third kappa shape index (κ3) is 2.61. The maximum atomic E-state index is 12.1. The van der Waals surface area contributed by atoms with Gasteiger partial charge in [-0.2, -0.15) is 0 Å². The van der Waals surface area contributed by atoms with Crippen LogP contribution in [0.3, 0.4) is 0 Å². The fourth-order valence-electron chi connectivity index (χ4n) is 2.66. The van der Waals surface area contributed by atoms with Crippen molar-refractivity contribution in [3.05, 3.63) is 35.9 Å². The number of benzene rings is 1. The molecule has 1 fully saturated rings. The summed E-state index contributed by atoms with van der Waals surface area (Å²) in [7, 11) is -1.72. The minimum atomic E-state index is -1.72. The molecule has 1 aromatic rings. The van der Waals surface area contributed by atoms with Crippen LogP contribution in [0.25, 0.3) is 0 Å². The predicted molar refractivity (Wildman–Crippen MR) is 82.6 cm³/mol. The number of β-lactam (4-membered cyclic amide) rings is 1. The SMILES string of the molecule is CC(C)(C)[Si](C)(C)N1C(=O)C[C@H]1Cc1ccccc1. The Kier molecular flexibility index (Phi) is 3.60. The summed E-state index contributed by atoms with van der Waals surface area (Å²) >= 11 is 0. The quantitative estimate of drug-likeness (QED) is 0.606. The molecule has 0 spiro atoms. The molecule has 0 bridgehead atoms. The lowest BCUT2D eigenvalue weighted by atomic mass is 9.97. The standard InChI is InChI=1S/C16H25NOSi/c1-16(2,3)19(4,5)17-14(12-15(17)18)11-13-9-7-6-8-10-13/h6-10,14H,11-12H2,1-5H3/t14-/m1/s1. The molecular weight excluding hydrogens is 250 g/mol. The van der Waals surface area contributed by atoms with Crippen LogP contribution >= 0.6 is 0 Å². The van der Waals surface area contributed by atoms with Crippen LogP contribution in [0.5, 0.6) is 0 Å². The summed E-state index contributed by atoms with van der Waals surface area (Å²) in [6.07, 6.45) is 1.72. The molecule has 0 aromatic heterocycles. The van der Waals surface area contributed by atoms with Crippen LogP contribution in [0, 0.1) is 0 Å². The van der Waals surface area contributed by atoms with Crippen molar-refractivity contribution in [2.75, 3.05) is 0 Å². The van der Waals surface area contributed by atoms with Crippen LogP contribution in [-0.4, -0.2) is 24.7 Å². The molecule has 0 N–H and O–H groups in total. The zero-order valence-corrected chi connectivity index (χ0v) is 13.7. The van der Waals surface area contributed by atoms with Gasteiger partial charge in [-0.15, -0.1) is 0 Å². The van der Waals surface area contributed by atoms with Gasteiger partial charge in [0, 0.05) is 12.5 Å². The normalized spacial score (nSPS) is 20.4. The fourth-order valence-corrected chi connectivity index (χ4v) is 5.19. The first-order chi connectivity index (χ1) is 8.73. The highest BCUT2D eigenvalue weighted by atomic mass is 28.3. The molecule has 2 rings (SSSR count). The maximum Gasteiger partial charge on any atom is 0.216 e. The number of carbonyl (C=O) groups is 1. The summed E-state index contributed by atoms with van der Waals surface area (Å²) in [6, 6.07) is 10.9. The smallest absolute Gasteiger partial charge is 0.216 e. The number of nitrogens with zero attached hydrogens (tertiary/aromatic N) is 1. The predicted octanol–water partition coefficient (Wildman–Crippen LogP) is 3.84. The average Bonchev–Trinajstić information content (AvgIpc) is 2.27. The van der Waals surface area contributed by atoms with Gasteiger partial charge in [0.25, 0.3) is 0 Å². The van der Waals surface area contributed by atoms with Gasteiger partial charge in [-0.3, -0.25) is 4.79 Å². The van der Waals surface area contributed by atoms with Crippen molar-refractivity contribution in [2.45, 2.75) is 57.8 Å². The van der Waals surface area contributed by atoms with E-state index in [4.69, 9.17) is 0 Å². The van der Waals surface area contributed by atoms with Crippen molar-refractivity contribution < 1.29 is 4.79 Å². The first kappa shape index (κ1) is 14.3. The van der Waals surface area contributed by atoms with E-state index in [2.05, 4.69) is 62.7 Å². The van der Waals surface area contributed by atoms with E-state index >= 15 is 0 Å². The molecule has 0 aliphatic carbocycles. The van der Waals surface area contributed by atoms with E-state index in [1.807, 2.05) is 6.07 Å². The zero-order chi connectivity index (χ0) is 14.3. The van der Waals surface area contributed by atoms with E-state index in [9.17, 15) is 4.79 Å². The van der Waals surface area contributed by atoms with Gasteiger partial charge in [-0.25, -0.2) is 0 Å². The Labute approximate surface area is 117 Å². The van der Waals surface area contributed by atoms with Crippen LogP contribution in [-0.2, 0) is 11.2 Å². The Morgan fingerprint density at radius 1 is 1.21 bits per heavy atom. The number of rotatable bonds is 3. The van der Waals surface area contributed by atoms with Gasteiger partial charge in [0.1, 0.15) is 0 Å². The summed E-state index contributed by atoms with van der Waals surface area (Å²) in [4.78, 5) is 12.1. The largest absolute Gasteiger partial charge is 0.366 e. The van der Waals surface area contributed by atoms with Gasteiger partial charge >= 0.3 is 0 Å². The third-order valence-corrected chi connectivity index (χ3v) is 10.3. The van der Waals surface area contributed by atoms with Crippen LogP contribution in [0.4, 0.5) is 0 Å². The highest BCUT2D eigenvalue weighted by molar-refractivity contribution is 6.79. The van der Waals surface area contributed by atoms with Crippen molar-refractivity contribution in [2.24, 2.45) is 0 Å². The molecule has 3 heteroatoms. The first-order valence-corrected chi connectivity index (χ1v) is 10.0. The summed E-state index contributed by atoms with van der Waals surface area (Å²) in [5.41, 5.74) is 1.34. The Balaban J connectivity index is 2.15. The number of amides is 1. The zero-order valence-electron chi connectivity index (χ0n) is 12.7. The molecule has 0 saturated carbocycles.